The van der Waals surface area contributed by atoms with Gasteiger partial charge in [-0.05, 0) is 23.7 Å². The van der Waals surface area contributed by atoms with Crippen molar-refractivity contribution in [1.82, 2.24) is 0 Å². The van der Waals surface area contributed by atoms with Crippen LogP contribution in [-0.4, -0.2) is 34.3 Å². The summed E-state index contributed by atoms with van der Waals surface area (Å²) in [6, 6.07) is 10.3. The van der Waals surface area contributed by atoms with Crippen LogP contribution in [0.3, 0.4) is 0 Å². The predicted octanol–water partition coefficient (Wildman–Crippen LogP) is 1.48. The molecule has 0 saturated carbocycles. The van der Waals surface area contributed by atoms with Crippen LogP contribution in [0.15, 0.2) is 30.3 Å². The first kappa shape index (κ1) is 20.9. The van der Waals surface area contributed by atoms with Crippen molar-refractivity contribution >= 4 is 64.6 Å². The fourth-order valence-corrected chi connectivity index (χ4v) is 1.50. The molecule has 1 radical (unpaired) electrons. The number of hydrogen-bond donors (Lipinski definition) is 2. The summed E-state index contributed by atoms with van der Waals surface area (Å²) in [6.07, 6.45) is 1.02. The summed E-state index contributed by atoms with van der Waals surface area (Å²) in [4.78, 5) is 0. The summed E-state index contributed by atoms with van der Waals surface area (Å²) >= 11 is 3.79. The Labute approximate surface area is 131 Å². The topological polar surface area (TPSA) is 90.8 Å². The maximum atomic E-state index is 5.31. The molecule has 0 bridgehead atoms. The van der Waals surface area contributed by atoms with Crippen LogP contribution in [0.2, 0.25) is 0 Å². The van der Waals surface area contributed by atoms with Crippen LogP contribution < -0.4 is 11.1 Å². The molecule has 0 fully saturated rings. The fourth-order valence-electron chi connectivity index (χ4n) is 0.931. The molecule has 0 atom stereocenters. The maximum Gasteiger partial charge on any atom is 0.299 e. The molecule has 103 valence electrons. The van der Waals surface area contributed by atoms with Crippen LogP contribution in [0.25, 0.3) is 0 Å². The molecule has 4 nitrogen and oxygen atoms in total. The van der Waals surface area contributed by atoms with Gasteiger partial charge in [0, 0.05) is 5.75 Å². The van der Waals surface area contributed by atoms with E-state index < -0.39 is 17.9 Å². The fraction of sp³-hybridized carbons (Fsp3) is 0.222. The third-order valence-corrected chi connectivity index (χ3v) is 5.76. The molecule has 0 aliphatic carbocycles. The third-order valence-electron chi connectivity index (χ3n) is 1.56. The van der Waals surface area contributed by atoms with E-state index in [0.717, 1.165) is 12.2 Å². The van der Waals surface area contributed by atoms with Gasteiger partial charge < -0.3 is 5.48 Å². The van der Waals surface area contributed by atoms with E-state index in [1.165, 1.54) is 17.3 Å². The standard InChI is InChI=1S/C9H12N2S.ClO.2ClH.H2O.Sn/c10-9(11)12-7-6-8-4-2-1-3-5-8;1-2;;;;/h1-5H,6-7H2,(H3,10,11);;2*1H;1H2;/q;-1;;;;+3/p-2. The number of hydrogen-bond acceptors (Lipinski definition) is 3. The average molecular weight is 439 g/mol. The van der Waals surface area contributed by atoms with Crippen LogP contribution in [0.4, 0.5) is 0 Å². The van der Waals surface area contributed by atoms with E-state index in [9.17, 15) is 0 Å². The molecule has 5 N–H and O–H groups in total. The van der Waals surface area contributed by atoms with Gasteiger partial charge in [0.05, 0.1) is 0 Å². The van der Waals surface area contributed by atoms with Crippen molar-refractivity contribution in [3.8, 4) is 0 Å². The van der Waals surface area contributed by atoms with Crippen LogP contribution in [0.5, 0.6) is 0 Å². The number of halogens is 3. The van der Waals surface area contributed by atoms with E-state index in [4.69, 9.17) is 29.0 Å². The molecule has 0 amide bonds. The van der Waals surface area contributed by atoms with Gasteiger partial charge in [0.2, 0.25) is 0 Å². The third kappa shape index (κ3) is 14.7. The van der Waals surface area contributed by atoms with Gasteiger partial charge in [-0.25, -0.2) is 0 Å². The molecule has 1 aromatic carbocycles. The number of benzene rings is 1. The molecule has 18 heavy (non-hydrogen) atoms. The van der Waals surface area contributed by atoms with Gasteiger partial charge in [0.15, 0.2) is 0 Å². The molecule has 0 saturated heterocycles. The van der Waals surface area contributed by atoms with Gasteiger partial charge in [0.25, 0.3) is 5.17 Å². The van der Waals surface area contributed by atoms with Crippen molar-refractivity contribution in [3.05, 3.63) is 35.9 Å². The molecular weight excluding hydrogens is 425 g/mol. The van der Waals surface area contributed by atoms with Crippen molar-refractivity contribution in [2.45, 2.75) is 6.42 Å². The number of thioether (sulfide) groups is 1. The van der Waals surface area contributed by atoms with Crippen molar-refractivity contribution in [2.75, 3.05) is 5.75 Å². The Hall–Kier alpha value is 0.629. The normalized spacial score (nSPS) is 9.11. The Balaban J connectivity index is 0. The Kier molecular flexibility index (Phi) is 16.3. The number of nitrogens with two attached hydrogens (primary N) is 2. The van der Waals surface area contributed by atoms with Crippen LogP contribution in [0.1, 0.15) is 5.56 Å². The van der Waals surface area contributed by atoms with Gasteiger partial charge >= 0.3 is 50.3 Å². The Morgan fingerprint density at radius 2 is 1.83 bits per heavy atom. The van der Waals surface area contributed by atoms with E-state index in [0.29, 0.717) is 5.17 Å². The monoisotopic (exact) mass is 439 g/mol. The smallest absolute Gasteiger partial charge is 0.299 e. The summed E-state index contributed by atoms with van der Waals surface area (Å²) < 4.78 is 3.95. The molecule has 1 rings (SSSR count). The number of aryl methyl sites for hydroxylation is 1. The van der Waals surface area contributed by atoms with Gasteiger partial charge in [-0.2, -0.15) is 0 Å². The minimum Gasteiger partial charge on any atom is -0.870 e. The molecule has 9 heteroatoms. The number of amidine groups is 1. The average Bonchev–Trinajstić information content (AvgIpc) is 2.30. The second-order valence-electron chi connectivity index (χ2n) is 2.79. The Morgan fingerprint density at radius 3 is 2.22 bits per heavy atom. The molecule has 0 aliphatic rings. The van der Waals surface area contributed by atoms with Crippen molar-refractivity contribution in [2.24, 2.45) is 5.73 Å². The van der Waals surface area contributed by atoms with Gasteiger partial charge in [-0.1, -0.05) is 30.3 Å². The van der Waals surface area contributed by atoms with E-state index >= 15 is 0 Å². The molecular formula is C9H14Cl3N2O2SSn. The summed E-state index contributed by atoms with van der Waals surface area (Å²) in [7, 11) is 10.1. The first-order valence-electron chi connectivity index (χ1n) is 4.57. The minimum atomic E-state index is -2.37. The molecule has 0 unspecified atom stereocenters. The first-order chi connectivity index (χ1) is 8.06. The second kappa shape index (κ2) is 14.0. The summed E-state index contributed by atoms with van der Waals surface area (Å²) in [5.74, 6) is 0.951. The minimum absolute atomic E-state index is 0. The van der Waals surface area contributed by atoms with Gasteiger partial charge in [0.1, 0.15) is 0 Å². The van der Waals surface area contributed by atoms with E-state index in [2.05, 4.69) is 26.6 Å². The zero-order valence-electron chi connectivity index (χ0n) is 9.35. The summed E-state index contributed by atoms with van der Waals surface area (Å²) in [5.41, 5.74) is 6.64. The van der Waals surface area contributed by atoms with E-state index in [1.807, 2.05) is 18.2 Å². The maximum absolute atomic E-state index is 5.31. The van der Waals surface area contributed by atoms with Crippen LogP contribution >= 0.6 is 41.5 Å². The zero-order chi connectivity index (χ0) is 13.1. The van der Waals surface area contributed by atoms with E-state index in [1.54, 1.807) is 0 Å². The van der Waals surface area contributed by atoms with E-state index in [-0.39, 0.29) is 5.48 Å². The second-order valence-corrected chi connectivity index (χ2v) is 12.6. The van der Waals surface area contributed by atoms with Gasteiger partial charge in [-0.15, -0.1) is 0 Å². The molecule has 0 heterocycles. The molecule has 0 aliphatic heterocycles. The Morgan fingerprint density at radius 1 is 1.33 bits per heavy atom. The van der Waals surface area contributed by atoms with Crippen molar-refractivity contribution < 1.29 is 13.5 Å². The van der Waals surface area contributed by atoms with Gasteiger partial charge in [-0.3, -0.25) is 11.1 Å². The number of rotatable bonds is 4. The predicted molar refractivity (Wildman–Crippen MR) is 80.1 cm³/mol. The first-order valence-corrected chi connectivity index (χ1v) is 14.3. The van der Waals surface area contributed by atoms with Crippen molar-refractivity contribution in [3.63, 3.8) is 0 Å². The molecule has 1 aromatic rings. The quantitative estimate of drug-likeness (QED) is 0.423. The summed E-state index contributed by atoms with van der Waals surface area (Å²) in [6.45, 7) is 0. The zero-order valence-corrected chi connectivity index (χ0v) is 15.3. The largest absolute Gasteiger partial charge is 0.870 e. The molecule has 0 spiro atoms. The molecule has 0 aromatic heterocycles. The van der Waals surface area contributed by atoms with Crippen molar-refractivity contribution in [1.29, 1.82) is 0 Å². The van der Waals surface area contributed by atoms with Crippen LogP contribution in [-0.2, 0) is 9.05 Å². The SMILES string of the molecule is Cl[O][Sn]([Cl])[Cl].NC(=[NH2+])SCCc1ccccc1.[OH-]. The van der Waals surface area contributed by atoms with Crippen LogP contribution in [0, 0.1) is 0 Å². The summed E-state index contributed by atoms with van der Waals surface area (Å²) in [5, 5.41) is 5.76. The Bertz CT molecular complexity index is 320.